The summed E-state index contributed by atoms with van der Waals surface area (Å²) in [5, 5.41) is 3.29. The molecule has 0 radical (unpaired) electrons. The van der Waals surface area contributed by atoms with Crippen molar-refractivity contribution in [1.82, 2.24) is 9.55 Å². The number of imidazole rings is 1. The molecule has 4 nitrogen and oxygen atoms in total. The molecule has 17 heavy (non-hydrogen) atoms. The van der Waals surface area contributed by atoms with Gasteiger partial charge in [0, 0.05) is 32.1 Å². The lowest BCUT2D eigenvalue weighted by Crippen LogP contribution is -2.14. The Morgan fingerprint density at radius 1 is 1.59 bits per heavy atom. The van der Waals surface area contributed by atoms with Gasteiger partial charge in [-0.05, 0) is 24.9 Å². The van der Waals surface area contributed by atoms with Crippen molar-refractivity contribution in [3.05, 3.63) is 12.4 Å². The Hall–Kier alpha value is -0.680. The van der Waals surface area contributed by atoms with Gasteiger partial charge in [-0.3, -0.25) is 0 Å². The van der Waals surface area contributed by atoms with Crippen LogP contribution in [0, 0.1) is 0 Å². The molecule has 5 heteroatoms. The number of methoxy groups -OCH3 is 1. The number of thioether (sulfide) groups is 1. The Morgan fingerprint density at radius 3 is 3.12 bits per heavy atom. The van der Waals surface area contributed by atoms with Gasteiger partial charge >= 0.3 is 0 Å². The third-order valence-corrected chi connectivity index (χ3v) is 3.55. The van der Waals surface area contributed by atoms with Crippen LogP contribution >= 0.6 is 11.8 Å². The Bertz CT molecular complexity index is 304. The van der Waals surface area contributed by atoms with E-state index in [9.17, 15) is 0 Å². The molecule has 0 fully saturated rings. The maximum absolute atomic E-state index is 5.02. The van der Waals surface area contributed by atoms with E-state index in [1.54, 1.807) is 7.11 Å². The first-order valence-electron chi connectivity index (χ1n) is 6.13. The molecule has 0 spiro atoms. The Morgan fingerprint density at radius 2 is 2.41 bits per heavy atom. The van der Waals surface area contributed by atoms with Crippen LogP contribution in [0.3, 0.4) is 0 Å². The van der Waals surface area contributed by atoms with Crippen LogP contribution in [0.5, 0.6) is 0 Å². The fraction of sp³-hybridized carbons (Fsp3) is 0.750. The maximum atomic E-state index is 5.02. The Labute approximate surface area is 108 Å². The van der Waals surface area contributed by atoms with Gasteiger partial charge in [0.1, 0.15) is 0 Å². The van der Waals surface area contributed by atoms with Crippen LogP contribution in [0.15, 0.2) is 12.4 Å². The van der Waals surface area contributed by atoms with Crippen molar-refractivity contribution in [3.8, 4) is 0 Å². The number of anilines is 1. The van der Waals surface area contributed by atoms with Gasteiger partial charge in [-0.15, -0.1) is 0 Å². The molecule has 0 aromatic carbocycles. The molecule has 1 aromatic heterocycles. The van der Waals surface area contributed by atoms with E-state index < -0.39 is 0 Å². The zero-order valence-electron chi connectivity index (χ0n) is 11.0. The summed E-state index contributed by atoms with van der Waals surface area (Å²) in [5.74, 6) is 3.33. The molecule has 1 heterocycles. The average molecular weight is 257 g/mol. The second-order valence-corrected chi connectivity index (χ2v) is 5.31. The number of aromatic nitrogens is 2. The lowest BCUT2D eigenvalue weighted by Gasteiger charge is -2.16. The molecule has 1 atom stereocenters. The minimum absolute atomic E-state index is 0.488. The van der Waals surface area contributed by atoms with Crippen LogP contribution in [-0.2, 0) is 4.74 Å². The van der Waals surface area contributed by atoms with Crippen LogP contribution in [0.1, 0.15) is 26.3 Å². The van der Waals surface area contributed by atoms with Crippen molar-refractivity contribution in [1.29, 1.82) is 0 Å². The van der Waals surface area contributed by atoms with Crippen molar-refractivity contribution in [3.63, 3.8) is 0 Å². The summed E-state index contributed by atoms with van der Waals surface area (Å²) in [7, 11) is 1.71. The molecule has 98 valence electrons. The van der Waals surface area contributed by atoms with Crippen molar-refractivity contribution in [2.45, 2.75) is 26.3 Å². The quantitative estimate of drug-likeness (QED) is 0.690. The van der Waals surface area contributed by atoms with Crippen molar-refractivity contribution >= 4 is 17.7 Å². The zero-order valence-corrected chi connectivity index (χ0v) is 11.8. The van der Waals surface area contributed by atoms with E-state index in [0.29, 0.717) is 12.6 Å². The topological polar surface area (TPSA) is 39.1 Å². The van der Waals surface area contributed by atoms with Gasteiger partial charge in [-0.2, -0.15) is 11.8 Å². The lowest BCUT2D eigenvalue weighted by molar-refractivity contribution is 0.210. The molecule has 0 saturated carbocycles. The van der Waals surface area contributed by atoms with Crippen molar-refractivity contribution in [2.24, 2.45) is 0 Å². The normalized spacial score (nSPS) is 12.6. The molecule has 0 bridgehead atoms. The largest absolute Gasteiger partial charge is 0.383 e. The van der Waals surface area contributed by atoms with Crippen LogP contribution in [-0.4, -0.2) is 41.3 Å². The summed E-state index contributed by atoms with van der Waals surface area (Å²) >= 11 is 1.99. The second kappa shape index (κ2) is 8.42. The van der Waals surface area contributed by atoms with Gasteiger partial charge in [0.05, 0.1) is 6.61 Å². The van der Waals surface area contributed by atoms with Crippen LogP contribution in [0.25, 0.3) is 0 Å². The molecule has 0 amide bonds. The first-order valence-corrected chi connectivity index (χ1v) is 7.28. The Kier molecular flexibility index (Phi) is 7.12. The van der Waals surface area contributed by atoms with Crippen LogP contribution in [0.2, 0.25) is 0 Å². The van der Waals surface area contributed by atoms with E-state index in [0.717, 1.165) is 12.5 Å². The molecule has 0 aliphatic heterocycles. The third kappa shape index (κ3) is 5.00. The summed E-state index contributed by atoms with van der Waals surface area (Å²) in [5.41, 5.74) is 0. The number of nitrogens with one attached hydrogen (secondary N) is 1. The van der Waals surface area contributed by atoms with E-state index in [2.05, 4.69) is 28.7 Å². The van der Waals surface area contributed by atoms with Gasteiger partial charge < -0.3 is 14.6 Å². The van der Waals surface area contributed by atoms with Gasteiger partial charge in [0.2, 0.25) is 5.95 Å². The minimum Gasteiger partial charge on any atom is -0.383 e. The number of nitrogens with zero attached hydrogens (tertiary/aromatic N) is 2. The standard InChI is InChI=1S/C12H23N3OS/c1-4-17-10-5-11(2)15-8-6-13-12(15)14-7-9-16-3/h6,8,11H,4-5,7,9-10H2,1-3H3,(H,13,14). The van der Waals surface area contributed by atoms with Crippen molar-refractivity contribution < 1.29 is 4.74 Å². The number of rotatable bonds is 9. The number of hydrogen-bond acceptors (Lipinski definition) is 4. The lowest BCUT2D eigenvalue weighted by atomic mass is 10.2. The average Bonchev–Trinajstić information content (AvgIpc) is 2.78. The first kappa shape index (κ1) is 14.4. The highest BCUT2D eigenvalue weighted by Gasteiger charge is 2.09. The monoisotopic (exact) mass is 257 g/mol. The van der Waals surface area contributed by atoms with Gasteiger partial charge in [-0.25, -0.2) is 4.98 Å². The summed E-state index contributed by atoms with van der Waals surface area (Å²) in [4.78, 5) is 4.33. The molecular weight excluding hydrogens is 234 g/mol. The smallest absolute Gasteiger partial charge is 0.203 e. The summed E-state index contributed by atoms with van der Waals surface area (Å²) in [6.07, 6.45) is 5.06. The minimum atomic E-state index is 0.488. The summed E-state index contributed by atoms with van der Waals surface area (Å²) < 4.78 is 7.22. The first-order chi connectivity index (χ1) is 8.29. The zero-order chi connectivity index (χ0) is 12.5. The molecule has 1 N–H and O–H groups in total. The predicted octanol–water partition coefficient (Wildman–Crippen LogP) is 2.65. The Balaban J connectivity index is 2.43. The highest BCUT2D eigenvalue weighted by atomic mass is 32.2. The highest BCUT2D eigenvalue weighted by molar-refractivity contribution is 7.99. The fourth-order valence-corrected chi connectivity index (χ4v) is 2.40. The molecule has 1 aromatic rings. The second-order valence-electron chi connectivity index (χ2n) is 3.91. The van der Waals surface area contributed by atoms with E-state index in [1.165, 1.54) is 17.9 Å². The molecular formula is C12H23N3OS. The van der Waals surface area contributed by atoms with E-state index in [-0.39, 0.29) is 0 Å². The van der Waals surface area contributed by atoms with E-state index in [1.807, 2.05) is 24.2 Å². The third-order valence-electron chi connectivity index (χ3n) is 2.62. The summed E-state index contributed by atoms with van der Waals surface area (Å²) in [6.45, 7) is 5.93. The van der Waals surface area contributed by atoms with Crippen LogP contribution in [0.4, 0.5) is 5.95 Å². The molecule has 1 rings (SSSR count). The molecule has 0 aliphatic rings. The maximum Gasteiger partial charge on any atom is 0.203 e. The van der Waals surface area contributed by atoms with Gasteiger partial charge in [0.25, 0.3) is 0 Å². The summed E-state index contributed by atoms with van der Waals surface area (Å²) in [6, 6.07) is 0.488. The van der Waals surface area contributed by atoms with Gasteiger partial charge in [-0.1, -0.05) is 6.92 Å². The highest BCUT2D eigenvalue weighted by Crippen LogP contribution is 2.18. The molecule has 0 saturated heterocycles. The van der Waals surface area contributed by atoms with Crippen LogP contribution < -0.4 is 5.32 Å². The van der Waals surface area contributed by atoms with E-state index in [4.69, 9.17) is 4.74 Å². The molecule has 0 aliphatic carbocycles. The van der Waals surface area contributed by atoms with E-state index >= 15 is 0 Å². The van der Waals surface area contributed by atoms with Crippen molar-refractivity contribution in [2.75, 3.05) is 37.1 Å². The van der Waals surface area contributed by atoms with Gasteiger partial charge in [0.15, 0.2) is 0 Å². The SMILES string of the molecule is CCSCCC(C)n1ccnc1NCCOC. The number of hydrogen-bond donors (Lipinski definition) is 1. The molecule has 1 unspecified atom stereocenters. The predicted molar refractivity (Wildman–Crippen MR) is 74.9 cm³/mol. The number of ether oxygens (including phenoxy) is 1. The fourth-order valence-electron chi connectivity index (χ4n) is 1.61.